The van der Waals surface area contributed by atoms with E-state index < -0.39 is 0 Å². The molecule has 0 radical (unpaired) electrons. The van der Waals surface area contributed by atoms with Crippen molar-refractivity contribution in [2.75, 3.05) is 14.7 Å². The molecule has 0 atom stereocenters. The lowest BCUT2D eigenvalue weighted by Crippen LogP contribution is -2.60. The summed E-state index contributed by atoms with van der Waals surface area (Å²) in [5.74, 6) is 0.831. The van der Waals surface area contributed by atoms with E-state index in [1.807, 2.05) is 0 Å². The summed E-state index contributed by atoms with van der Waals surface area (Å²) in [5, 5.41) is 2.30. The average molecular weight is 944 g/mol. The predicted octanol–water partition coefficient (Wildman–Crippen LogP) is 16.7. The molecule has 5 aliphatic rings. The Morgan fingerprint density at radius 3 is 1.47 bits per heavy atom. The Balaban J connectivity index is 1.19. The second kappa shape index (κ2) is 15.3. The first kappa shape index (κ1) is 45.0. The van der Waals surface area contributed by atoms with Gasteiger partial charge in [0.2, 0.25) is 5.88 Å². The van der Waals surface area contributed by atoms with E-state index in [9.17, 15) is 0 Å². The van der Waals surface area contributed by atoms with Gasteiger partial charge in [0.15, 0.2) is 0 Å². The van der Waals surface area contributed by atoms with Crippen molar-refractivity contribution in [2.45, 2.75) is 129 Å². The Labute approximate surface area is 426 Å². The predicted molar refractivity (Wildman–Crippen MR) is 304 cm³/mol. The van der Waals surface area contributed by atoms with E-state index in [1.54, 1.807) is 0 Å². The second-order valence-electron chi connectivity index (χ2n) is 25.2. The fraction of sp³-hybridized carbons (Fsp3) is 0.303. The Morgan fingerprint density at radius 2 is 0.944 bits per heavy atom. The van der Waals surface area contributed by atoms with Crippen LogP contribution in [0.25, 0.3) is 21.9 Å². The summed E-state index contributed by atoms with van der Waals surface area (Å²) in [6.45, 7) is 25.4. The van der Waals surface area contributed by atoms with Crippen LogP contribution in [0.4, 0.5) is 51.4 Å². The van der Waals surface area contributed by atoms with Crippen molar-refractivity contribution in [1.29, 1.82) is 0 Å². The summed E-state index contributed by atoms with van der Waals surface area (Å²) in [6, 6.07) is 56.9. The molecule has 7 aromatic carbocycles. The van der Waals surface area contributed by atoms with Crippen molar-refractivity contribution < 1.29 is 8.83 Å². The molecule has 1 saturated carbocycles. The zero-order valence-corrected chi connectivity index (χ0v) is 44.0. The molecule has 0 saturated heterocycles. The molecule has 2 aromatic heterocycles. The summed E-state index contributed by atoms with van der Waals surface area (Å²) >= 11 is 0. The van der Waals surface area contributed by atoms with E-state index in [1.165, 1.54) is 64.3 Å². The maximum absolute atomic E-state index is 7.69. The van der Waals surface area contributed by atoms with Gasteiger partial charge in [0, 0.05) is 50.4 Å². The van der Waals surface area contributed by atoms with Crippen molar-refractivity contribution in [1.82, 2.24) is 0 Å². The maximum Gasteiger partial charge on any atom is 0.302 e. The Morgan fingerprint density at radius 1 is 0.458 bits per heavy atom. The summed E-state index contributed by atoms with van der Waals surface area (Å²) in [6.07, 6.45) is 4.84. The molecule has 14 rings (SSSR count). The van der Waals surface area contributed by atoms with Gasteiger partial charge in [-0.25, -0.2) is 0 Å². The largest absolute Gasteiger partial charge is 0.468 e. The van der Waals surface area contributed by atoms with Gasteiger partial charge in [-0.3, -0.25) is 4.90 Å². The minimum absolute atomic E-state index is 0.0123. The molecule has 5 nitrogen and oxygen atoms in total. The smallest absolute Gasteiger partial charge is 0.302 e. The van der Waals surface area contributed by atoms with Crippen LogP contribution < -0.4 is 31.3 Å². The number of para-hydroxylation sites is 2. The summed E-state index contributed by atoms with van der Waals surface area (Å²) in [7, 11) is 0. The number of furan rings is 2. The molecule has 0 unspecified atom stereocenters. The fourth-order valence-corrected chi connectivity index (χ4v) is 12.9. The number of hydrogen-bond donors (Lipinski definition) is 0. The van der Waals surface area contributed by atoms with Crippen molar-refractivity contribution in [3.8, 4) is 0 Å². The van der Waals surface area contributed by atoms with Gasteiger partial charge in [-0.1, -0.05) is 143 Å². The van der Waals surface area contributed by atoms with Crippen LogP contribution in [0.2, 0.25) is 0 Å². The van der Waals surface area contributed by atoms with E-state index in [0.29, 0.717) is 0 Å². The molecule has 0 N–H and O–H groups in total. The van der Waals surface area contributed by atoms with Gasteiger partial charge in [-0.05, 0) is 171 Å². The molecular weight excluding hydrogens is 878 g/mol. The van der Waals surface area contributed by atoms with E-state index in [4.69, 9.17) is 8.83 Å². The highest BCUT2D eigenvalue weighted by Gasteiger charge is 2.52. The minimum Gasteiger partial charge on any atom is -0.468 e. The summed E-state index contributed by atoms with van der Waals surface area (Å²) in [5.41, 5.74) is 20.8. The molecule has 360 valence electrons. The zero-order chi connectivity index (χ0) is 49.9. The minimum atomic E-state index is -0.282. The molecule has 0 amide bonds. The first-order valence-corrected chi connectivity index (χ1v) is 26.4. The van der Waals surface area contributed by atoms with Crippen LogP contribution in [0.1, 0.15) is 130 Å². The standard InChI is InChI=1S/C66H66BN3O2/c1-62(2,3)41-22-27-46(28-23-41)69-53-37-48(68(44-18-14-12-15-19-44)45-20-16-13-17-21-45)38-54-58(53)67(60-59(69)50-39-51-52(40-56(50)71-60)66(11)34-32-65(51,10)33-35-66)57-49-36-43(64(7,8)9)26-31-55(49)72-61(57)70(54)47-29-24-42(25-30-47)63(4,5)6/h12-31,36-40H,32-35H2,1-11H3. The normalized spacial score (nSPS) is 19.1. The number of fused-ring (bicyclic) bond motifs is 10. The Kier molecular flexibility index (Phi) is 9.56. The summed E-state index contributed by atoms with van der Waals surface area (Å²) in [4.78, 5) is 7.39. The van der Waals surface area contributed by atoms with Gasteiger partial charge in [-0.2, -0.15) is 0 Å². The third kappa shape index (κ3) is 6.73. The molecule has 9 aromatic rings. The topological polar surface area (TPSA) is 36.0 Å². The van der Waals surface area contributed by atoms with Crippen LogP contribution in [0.15, 0.2) is 160 Å². The monoisotopic (exact) mass is 944 g/mol. The second-order valence-corrected chi connectivity index (χ2v) is 25.2. The third-order valence-electron chi connectivity index (χ3n) is 17.3. The van der Waals surface area contributed by atoms with Gasteiger partial charge >= 0.3 is 6.71 Å². The maximum atomic E-state index is 7.69. The molecular formula is C66H66BN3O2. The highest BCUT2D eigenvalue weighted by atomic mass is 16.4. The fourth-order valence-electron chi connectivity index (χ4n) is 12.9. The third-order valence-corrected chi connectivity index (χ3v) is 17.3. The lowest BCUT2D eigenvalue weighted by Gasteiger charge is -2.52. The first-order valence-electron chi connectivity index (χ1n) is 26.4. The van der Waals surface area contributed by atoms with E-state index >= 15 is 0 Å². The highest BCUT2D eigenvalue weighted by Crippen LogP contribution is 2.59. The molecule has 4 heterocycles. The zero-order valence-electron chi connectivity index (χ0n) is 44.0. The van der Waals surface area contributed by atoms with Crippen molar-refractivity contribution in [3.05, 3.63) is 179 Å². The Hall–Kier alpha value is -6.92. The number of benzene rings is 7. The number of anilines is 9. The van der Waals surface area contributed by atoms with Crippen molar-refractivity contribution in [3.63, 3.8) is 0 Å². The van der Waals surface area contributed by atoms with E-state index in [-0.39, 0.29) is 33.8 Å². The molecule has 0 spiro atoms. The molecule has 2 bridgehead atoms. The van der Waals surface area contributed by atoms with Crippen LogP contribution in [-0.2, 0) is 27.1 Å². The lowest BCUT2D eigenvalue weighted by molar-refractivity contribution is 0.188. The van der Waals surface area contributed by atoms with Gasteiger partial charge < -0.3 is 18.6 Å². The Bertz CT molecular complexity index is 3570. The van der Waals surface area contributed by atoms with E-state index in [2.05, 4.69) is 243 Å². The summed E-state index contributed by atoms with van der Waals surface area (Å²) < 4.78 is 15.1. The van der Waals surface area contributed by atoms with E-state index in [0.717, 1.165) is 79.1 Å². The van der Waals surface area contributed by atoms with Crippen LogP contribution in [0, 0.1) is 0 Å². The average Bonchev–Trinajstić information content (AvgIpc) is 3.92. The highest BCUT2D eigenvalue weighted by molar-refractivity contribution is 7.01. The van der Waals surface area contributed by atoms with Gasteiger partial charge in [-0.15, -0.1) is 0 Å². The molecule has 6 heteroatoms. The molecule has 72 heavy (non-hydrogen) atoms. The quantitative estimate of drug-likeness (QED) is 0.161. The number of nitrogens with zero attached hydrogens (tertiary/aromatic N) is 3. The van der Waals surface area contributed by atoms with Gasteiger partial charge in [0.25, 0.3) is 0 Å². The van der Waals surface area contributed by atoms with Gasteiger partial charge in [0.05, 0.1) is 17.0 Å². The number of hydrogen-bond acceptors (Lipinski definition) is 5. The molecule has 3 aliphatic carbocycles. The van der Waals surface area contributed by atoms with Gasteiger partial charge in [0.1, 0.15) is 11.2 Å². The van der Waals surface area contributed by atoms with Crippen molar-refractivity contribution in [2.24, 2.45) is 0 Å². The lowest BCUT2D eigenvalue weighted by atomic mass is 9.35. The van der Waals surface area contributed by atoms with Crippen molar-refractivity contribution >= 4 is 96.6 Å². The SMILES string of the molecule is CC(C)(C)c1ccc(N2c3cc(N(c4ccccc4)c4ccccc4)cc4c3B(c3oc5cc6c(cc5c3N4c3ccc(C(C)(C)C)cc3)C3(C)CCC6(C)CC3)c3c2oc2ccc(C(C)(C)C)cc32)cc1. The van der Waals surface area contributed by atoms with Crippen LogP contribution in [0.3, 0.4) is 0 Å². The molecule has 2 aliphatic heterocycles. The van der Waals surface area contributed by atoms with Crippen LogP contribution >= 0.6 is 0 Å². The van der Waals surface area contributed by atoms with Crippen LogP contribution in [0.5, 0.6) is 0 Å². The van der Waals surface area contributed by atoms with Crippen LogP contribution in [-0.4, -0.2) is 6.71 Å². The first-order chi connectivity index (χ1) is 34.3. The number of rotatable bonds is 5. The molecule has 1 fully saturated rings.